The van der Waals surface area contributed by atoms with Crippen LogP contribution in [-0.2, 0) is 18.4 Å². The zero-order valence-corrected chi connectivity index (χ0v) is 14.0. The van der Waals surface area contributed by atoms with Crippen molar-refractivity contribution in [1.29, 1.82) is 0 Å². The largest absolute Gasteiger partial charge is 0.327 e. The average Bonchev–Trinajstić information content (AvgIpc) is 2.75. The summed E-state index contributed by atoms with van der Waals surface area (Å²) in [5.41, 5.74) is 9.55. The van der Waals surface area contributed by atoms with E-state index in [1.54, 1.807) is 0 Å². The molecule has 1 aromatic heterocycles. The van der Waals surface area contributed by atoms with Crippen molar-refractivity contribution >= 4 is 11.6 Å². The van der Waals surface area contributed by atoms with Crippen molar-refractivity contribution in [3.05, 3.63) is 52.3 Å². The van der Waals surface area contributed by atoms with Crippen molar-refractivity contribution in [2.75, 3.05) is 0 Å². The van der Waals surface area contributed by atoms with Crippen LogP contribution in [0.15, 0.2) is 30.3 Å². The van der Waals surface area contributed by atoms with Gasteiger partial charge in [0.15, 0.2) is 0 Å². The lowest BCUT2D eigenvalue weighted by atomic mass is 9.76. The number of nitrogens with zero attached hydrogens (tertiary/aromatic N) is 2. The molecule has 2 rings (SSSR count). The maximum absolute atomic E-state index is 6.52. The zero-order chi connectivity index (χ0) is 15.6. The van der Waals surface area contributed by atoms with E-state index in [4.69, 9.17) is 17.3 Å². The molecular formula is C17H24ClN3. The molecule has 0 fully saturated rings. The van der Waals surface area contributed by atoms with Crippen molar-refractivity contribution in [3.8, 4) is 0 Å². The molecule has 4 heteroatoms. The van der Waals surface area contributed by atoms with Crippen LogP contribution in [0.1, 0.15) is 37.7 Å². The van der Waals surface area contributed by atoms with Crippen LogP contribution in [-0.4, -0.2) is 15.8 Å². The molecule has 0 saturated heterocycles. The highest BCUT2D eigenvalue weighted by Crippen LogP contribution is 2.30. The number of benzene rings is 1. The molecule has 0 bridgehead atoms. The SMILES string of the molecule is CCn1nc(C)c(Cl)c1CC(N)C(C)(C)c1ccccc1. The molecule has 1 aromatic carbocycles. The highest BCUT2D eigenvalue weighted by atomic mass is 35.5. The normalized spacial score (nSPS) is 13.4. The maximum Gasteiger partial charge on any atom is 0.0847 e. The first-order valence-corrected chi connectivity index (χ1v) is 7.78. The van der Waals surface area contributed by atoms with E-state index in [2.05, 4.69) is 50.1 Å². The van der Waals surface area contributed by atoms with Gasteiger partial charge in [0.1, 0.15) is 0 Å². The Bertz CT molecular complexity index is 602. The first-order valence-electron chi connectivity index (χ1n) is 7.40. The number of hydrogen-bond donors (Lipinski definition) is 1. The number of aromatic nitrogens is 2. The average molecular weight is 306 g/mol. The molecule has 114 valence electrons. The van der Waals surface area contributed by atoms with E-state index in [0.717, 1.165) is 29.4 Å². The van der Waals surface area contributed by atoms with E-state index < -0.39 is 0 Å². The second-order valence-corrected chi connectivity index (χ2v) is 6.44. The highest BCUT2D eigenvalue weighted by Gasteiger charge is 2.30. The molecule has 3 nitrogen and oxygen atoms in total. The Morgan fingerprint density at radius 3 is 2.48 bits per heavy atom. The number of hydrogen-bond acceptors (Lipinski definition) is 2. The summed E-state index contributed by atoms with van der Waals surface area (Å²) in [5, 5.41) is 5.21. The van der Waals surface area contributed by atoms with Gasteiger partial charge in [-0.05, 0) is 19.4 Å². The molecule has 0 spiro atoms. The van der Waals surface area contributed by atoms with Gasteiger partial charge in [0.25, 0.3) is 0 Å². The van der Waals surface area contributed by atoms with Gasteiger partial charge in [0, 0.05) is 24.4 Å². The third-order valence-corrected chi connectivity index (χ3v) is 4.80. The Morgan fingerprint density at radius 2 is 1.90 bits per heavy atom. The van der Waals surface area contributed by atoms with Crippen LogP contribution in [0, 0.1) is 6.92 Å². The molecule has 0 aliphatic rings. The summed E-state index contributed by atoms with van der Waals surface area (Å²) in [4.78, 5) is 0. The van der Waals surface area contributed by atoms with E-state index in [9.17, 15) is 0 Å². The Morgan fingerprint density at radius 1 is 1.29 bits per heavy atom. The maximum atomic E-state index is 6.52. The minimum Gasteiger partial charge on any atom is -0.327 e. The highest BCUT2D eigenvalue weighted by molar-refractivity contribution is 6.31. The minimum absolute atomic E-state index is 0.0289. The van der Waals surface area contributed by atoms with Gasteiger partial charge >= 0.3 is 0 Å². The Kier molecular flexibility index (Phi) is 4.74. The molecule has 0 amide bonds. The predicted octanol–water partition coefficient (Wildman–Crippen LogP) is 3.71. The van der Waals surface area contributed by atoms with Crippen molar-refractivity contribution < 1.29 is 0 Å². The lowest BCUT2D eigenvalue weighted by Crippen LogP contribution is -2.43. The van der Waals surface area contributed by atoms with E-state index in [0.29, 0.717) is 0 Å². The van der Waals surface area contributed by atoms with Gasteiger partial charge in [-0.25, -0.2) is 0 Å². The fourth-order valence-corrected chi connectivity index (χ4v) is 2.82. The van der Waals surface area contributed by atoms with Crippen LogP contribution in [0.2, 0.25) is 5.02 Å². The lowest BCUT2D eigenvalue weighted by Gasteiger charge is -2.32. The van der Waals surface area contributed by atoms with Gasteiger partial charge in [-0.1, -0.05) is 55.8 Å². The summed E-state index contributed by atoms with van der Waals surface area (Å²) < 4.78 is 1.96. The molecule has 2 N–H and O–H groups in total. The summed E-state index contributed by atoms with van der Waals surface area (Å²) in [6.07, 6.45) is 0.718. The van der Waals surface area contributed by atoms with Crippen LogP contribution in [0.25, 0.3) is 0 Å². The fraction of sp³-hybridized carbons (Fsp3) is 0.471. The second kappa shape index (κ2) is 6.20. The number of halogens is 1. The topological polar surface area (TPSA) is 43.8 Å². The summed E-state index contributed by atoms with van der Waals surface area (Å²) in [5.74, 6) is 0. The van der Waals surface area contributed by atoms with Crippen molar-refractivity contribution in [2.45, 2.75) is 52.1 Å². The van der Waals surface area contributed by atoms with Crippen LogP contribution >= 0.6 is 11.6 Å². The molecule has 1 unspecified atom stereocenters. The van der Waals surface area contributed by atoms with Gasteiger partial charge in [0.2, 0.25) is 0 Å². The van der Waals surface area contributed by atoms with Gasteiger partial charge < -0.3 is 5.73 Å². The monoisotopic (exact) mass is 305 g/mol. The van der Waals surface area contributed by atoms with Crippen LogP contribution in [0.5, 0.6) is 0 Å². The summed E-state index contributed by atoms with van der Waals surface area (Å²) in [6.45, 7) is 9.17. The Hall–Kier alpha value is -1.32. The smallest absolute Gasteiger partial charge is 0.0847 e. The quantitative estimate of drug-likeness (QED) is 0.915. The first-order chi connectivity index (χ1) is 9.87. The zero-order valence-electron chi connectivity index (χ0n) is 13.2. The molecule has 0 aliphatic carbocycles. The molecule has 0 saturated carbocycles. The molecular weight excluding hydrogens is 282 g/mol. The van der Waals surface area contributed by atoms with E-state index in [1.807, 2.05) is 17.7 Å². The number of nitrogens with two attached hydrogens (primary N) is 1. The standard InChI is InChI=1S/C17H24ClN3/c1-5-21-14(16(18)12(2)20-21)11-15(19)17(3,4)13-9-7-6-8-10-13/h6-10,15H,5,11,19H2,1-4H3. The minimum atomic E-state index is -0.124. The molecule has 0 aliphatic heterocycles. The summed E-state index contributed by atoms with van der Waals surface area (Å²) >= 11 is 6.39. The third kappa shape index (κ3) is 3.14. The van der Waals surface area contributed by atoms with Crippen LogP contribution in [0.4, 0.5) is 0 Å². The Labute approximate surface area is 132 Å². The predicted molar refractivity (Wildman–Crippen MR) is 88.8 cm³/mol. The van der Waals surface area contributed by atoms with E-state index >= 15 is 0 Å². The van der Waals surface area contributed by atoms with Crippen molar-refractivity contribution in [3.63, 3.8) is 0 Å². The number of aryl methyl sites for hydroxylation is 2. The van der Waals surface area contributed by atoms with Crippen molar-refractivity contribution in [2.24, 2.45) is 5.73 Å². The van der Waals surface area contributed by atoms with Gasteiger partial charge in [0.05, 0.1) is 16.4 Å². The lowest BCUT2D eigenvalue weighted by molar-refractivity contribution is 0.397. The first kappa shape index (κ1) is 16.1. The second-order valence-electron chi connectivity index (χ2n) is 6.06. The molecule has 0 radical (unpaired) electrons. The fourth-order valence-electron chi connectivity index (χ4n) is 2.61. The molecule has 2 aromatic rings. The van der Waals surface area contributed by atoms with Gasteiger partial charge in [-0.2, -0.15) is 5.10 Å². The summed E-state index contributed by atoms with van der Waals surface area (Å²) in [6, 6.07) is 10.4. The van der Waals surface area contributed by atoms with Gasteiger partial charge in [-0.15, -0.1) is 0 Å². The molecule has 1 atom stereocenters. The molecule has 21 heavy (non-hydrogen) atoms. The van der Waals surface area contributed by atoms with Crippen LogP contribution in [0.3, 0.4) is 0 Å². The summed E-state index contributed by atoms with van der Waals surface area (Å²) in [7, 11) is 0. The number of rotatable bonds is 5. The molecule has 1 heterocycles. The van der Waals surface area contributed by atoms with Crippen molar-refractivity contribution in [1.82, 2.24) is 9.78 Å². The van der Waals surface area contributed by atoms with E-state index in [1.165, 1.54) is 5.56 Å². The Balaban J connectivity index is 2.27. The van der Waals surface area contributed by atoms with E-state index in [-0.39, 0.29) is 11.5 Å². The van der Waals surface area contributed by atoms with Gasteiger partial charge in [-0.3, -0.25) is 4.68 Å². The third-order valence-electron chi connectivity index (χ3n) is 4.31. The van der Waals surface area contributed by atoms with Crippen LogP contribution < -0.4 is 5.73 Å².